The molecule has 0 atom stereocenters. The summed E-state index contributed by atoms with van der Waals surface area (Å²) in [5.74, 6) is 1.65. The molecule has 0 radical (unpaired) electrons. The van der Waals surface area contributed by atoms with Crippen molar-refractivity contribution < 1.29 is 14.3 Å². The average molecular weight is 382 g/mol. The van der Waals surface area contributed by atoms with Crippen LogP contribution < -0.4 is 20.1 Å². The molecule has 27 heavy (non-hydrogen) atoms. The van der Waals surface area contributed by atoms with E-state index in [0.717, 1.165) is 11.3 Å². The van der Waals surface area contributed by atoms with Crippen molar-refractivity contribution in [3.05, 3.63) is 70.9 Å². The molecule has 2 aromatic carbocycles. The summed E-state index contributed by atoms with van der Waals surface area (Å²) in [6, 6.07) is 14.3. The summed E-state index contributed by atoms with van der Waals surface area (Å²) >= 11 is 6.13. The Morgan fingerprint density at radius 1 is 1.11 bits per heavy atom. The van der Waals surface area contributed by atoms with Crippen LogP contribution in [0.1, 0.15) is 15.9 Å². The SMILES string of the molecule is Cc1c(Cl)cccc1Nc1ccc(C(=O)Nc2ccc3c(c2)OCO3)cn1. The predicted octanol–water partition coefficient (Wildman–Crippen LogP) is 4.77. The van der Waals surface area contributed by atoms with Crippen molar-refractivity contribution in [3.8, 4) is 11.5 Å². The number of hydrogen-bond donors (Lipinski definition) is 2. The number of benzene rings is 2. The lowest BCUT2D eigenvalue weighted by Crippen LogP contribution is -2.12. The standard InChI is InChI=1S/C20H16ClN3O3/c1-12-15(21)3-2-4-16(12)24-19-8-5-13(10-22-19)20(25)23-14-6-7-17-18(9-14)27-11-26-17/h2-10H,11H2,1H3,(H,22,24)(H,23,25). The van der Waals surface area contributed by atoms with Crippen LogP contribution in [0.5, 0.6) is 11.5 Å². The van der Waals surface area contributed by atoms with Gasteiger partial charge in [-0.05, 0) is 48.9 Å². The number of amides is 1. The third-order valence-corrected chi connectivity index (χ3v) is 4.60. The second-order valence-corrected chi connectivity index (χ2v) is 6.40. The van der Waals surface area contributed by atoms with Gasteiger partial charge in [0.1, 0.15) is 5.82 Å². The lowest BCUT2D eigenvalue weighted by Gasteiger charge is -2.10. The molecule has 136 valence electrons. The van der Waals surface area contributed by atoms with Crippen molar-refractivity contribution in [2.24, 2.45) is 0 Å². The Kier molecular flexibility index (Phi) is 4.56. The zero-order valence-corrected chi connectivity index (χ0v) is 15.2. The fraction of sp³-hybridized carbons (Fsp3) is 0.100. The molecule has 0 spiro atoms. The summed E-state index contributed by atoms with van der Waals surface area (Å²) in [5.41, 5.74) is 2.88. The van der Waals surface area contributed by atoms with Crippen LogP contribution in [0.15, 0.2) is 54.7 Å². The van der Waals surface area contributed by atoms with Crippen LogP contribution in [0.3, 0.4) is 0 Å². The first-order valence-corrected chi connectivity index (χ1v) is 8.67. The first-order valence-electron chi connectivity index (χ1n) is 8.29. The number of carbonyl (C=O) groups is 1. The minimum atomic E-state index is -0.258. The number of halogens is 1. The predicted molar refractivity (Wildman–Crippen MR) is 104 cm³/mol. The zero-order chi connectivity index (χ0) is 18.8. The van der Waals surface area contributed by atoms with Gasteiger partial charge in [0.15, 0.2) is 11.5 Å². The number of nitrogens with one attached hydrogen (secondary N) is 2. The highest BCUT2D eigenvalue weighted by atomic mass is 35.5. The van der Waals surface area contributed by atoms with Gasteiger partial charge < -0.3 is 20.1 Å². The minimum Gasteiger partial charge on any atom is -0.454 e. The third-order valence-electron chi connectivity index (χ3n) is 4.19. The molecule has 0 bridgehead atoms. The summed E-state index contributed by atoms with van der Waals surface area (Å²) < 4.78 is 10.6. The van der Waals surface area contributed by atoms with Crippen molar-refractivity contribution in [1.29, 1.82) is 0 Å². The van der Waals surface area contributed by atoms with Gasteiger partial charge in [-0.2, -0.15) is 0 Å². The zero-order valence-electron chi connectivity index (χ0n) is 14.5. The molecule has 7 heteroatoms. The molecule has 1 aromatic heterocycles. The summed E-state index contributed by atoms with van der Waals surface area (Å²) in [4.78, 5) is 16.7. The van der Waals surface area contributed by atoms with Crippen LogP contribution in [0, 0.1) is 6.92 Å². The fourth-order valence-electron chi connectivity index (χ4n) is 2.66. The molecular formula is C20H16ClN3O3. The van der Waals surface area contributed by atoms with E-state index in [1.54, 1.807) is 30.3 Å². The number of hydrogen-bond acceptors (Lipinski definition) is 5. The highest BCUT2D eigenvalue weighted by molar-refractivity contribution is 6.31. The second-order valence-electron chi connectivity index (χ2n) is 5.99. The fourth-order valence-corrected chi connectivity index (χ4v) is 2.84. The molecule has 0 aliphatic carbocycles. The quantitative estimate of drug-likeness (QED) is 0.681. The van der Waals surface area contributed by atoms with E-state index in [1.807, 2.05) is 25.1 Å². The first kappa shape index (κ1) is 17.2. The molecule has 0 saturated heterocycles. The highest BCUT2D eigenvalue weighted by Crippen LogP contribution is 2.34. The molecule has 3 aromatic rings. The lowest BCUT2D eigenvalue weighted by atomic mass is 10.2. The maximum atomic E-state index is 12.4. The molecule has 0 saturated carbocycles. The van der Waals surface area contributed by atoms with Crippen LogP contribution in [0.2, 0.25) is 5.02 Å². The Hall–Kier alpha value is -3.25. The van der Waals surface area contributed by atoms with Crippen LogP contribution >= 0.6 is 11.6 Å². The van der Waals surface area contributed by atoms with Gasteiger partial charge in [0.25, 0.3) is 5.91 Å². The molecule has 6 nitrogen and oxygen atoms in total. The van der Waals surface area contributed by atoms with Crippen molar-refractivity contribution in [2.45, 2.75) is 6.92 Å². The van der Waals surface area contributed by atoms with Crippen LogP contribution in [0.25, 0.3) is 0 Å². The number of carbonyl (C=O) groups excluding carboxylic acids is 1. The Bertz CT molecular complexity index is 1010. The lowest BCUT2D eigenvalue weighted by molar-refractivity contribution is 0.102. The normalized spacial score (nSPS) is 11.9. The number of fused-ring (bicyclic) bond motifs is 1. The maximum absolute atomic E-state index is 12.4. The Morgan fingerprint density at radius 3 is 2.78 bits per heavy atom. The molecule has 2 N–H and O–H groups in total. The van der Waals surface area contributed by atoms with Gasteiger partial charge in [0.05, 0.1) is 5.56 Å². The van der Waals surface area contributed by atoms with Crippen molar-refractivity contribution >= 4 is 34.7 Å². The van der Waals surface area contributed by atoms with Gasteiger partial charge in [-0.1, -0.05) is 17.7 Å². The molecule has 1 aliphatic rings. The van der Waals surface area contributed by atoms with E-state index in [9.17, 15) is 4.79 Å². The van der Waals surface area contributed by atoms with E-state index in [2.05, 4.69) is 15.6 Å². The number of rotatable bonds is 4. The van der Waals surface area contributed by atoms with Gasteiger partial charge in [0, 0.05) is 28.7 Å². The largest absolute Gasteiger partial charge is 0.454 e. The van der Waals surface area contributed by atoms with E-state index in [1.165, 1.54) is 6.20 Å². The van der Waals surface area contributed by atoms with Gasteiger partial charge in [-0.3, -0.25) is 4.79 Å². The number of aromatic nitrogens is 1. The summed E-state index contributed by atoms with van der Waals surface area (Å²) in [6.07, 6.45) is 1.52. The van der Waals surface area contributed by atoms with Gasteiger partial charge in [0.2, 0.25) is 6.79 Å². The Balaban J connectivity index is 1.45. The monoisotopic (exact) mass is 381 g/mol. The summed E-state index contributed by atoms with van der Waals surface area (Å²) in [5, 5.41) is 6.70. The number of pyridine rings is 1. The van der Waals surface area contributed by atoms with Crippen LogP contribution in [-0.4, -0.2) is 17.7 Å². The van der Waals surface area contributed by atoms with Gasteiger partial charge in [-0.25, -0.2) is 4.98 Å². The van der Waals surface area contributed by atoms with Gasteiger partial charge >= 0.3 is 0 Å². The number of ether oxygens (including phenoxy) is 2. The van der Waals surface area contributed by atoms with E-state index >= 15 is 0 Å². The van der Waals surface area contributed by atoms with Crippen molar-refractivity contribution in [1.82, 2.24) is 4.98 Å². The third kappa shape index (κ3) is 3.66. The highest BCUT2D eigenvalue weighted by Gasteiger charge is 2.15. The topological polar surface area (TPSA) is 72.5 Å². The minimum absolute atomic E-state index is 0.192. The Labute approximate surface area is 161 Å². The van der Waals surface area contributed by atoms with Crippen LogP contribution in [0.4, 0.5) is 17.2 Å². The molecule has 0 unspecified atom stereocenters. The molecule has 0 fully saturated rings. The van der Waals surface area contributed by atoms with Gasteiger partial charge in [-0.15, -0.1) is 0 Å². The molecule has 1 aliphatic heterocycles. The molecule has 2 heterocycles. The van der Waals surface area contributed by atoms with E-state index < -0.39 is 0 Å². The van der Waals surface area contributed by atoms with E-state index in [0.29, 0.717) is 33.6 Å². The molecule has 1 amide bonds. The van der Waals surface area contributed by atoms with Crippen LogP contribution in [-0.2, 0) is 0 Å². The summed E-state index contributed by atoms with van der Waals surface area (Å²) in [6.45, 7) is 2.12. The van der Waals surface area contributed by atoms with E-state index in [-0.39, 0.29) is 12.7 Å². The van der Waals surface area contributed by atoms with E-state index in [4.69, 9.17) is 21.1 Å². The first-order chi connectivity index (χ1) is 13.1. The summed E-state index contributed by atoms with van der Waals surface area (Å²) in [7, 11) is 0. The average Bonchev–Trinajstić information content (AvgIpc) is 3.14. The van der Waals surface area contributed by atoms with Crippen molar-refractivity contribution in [2.75, 3.05) is 17.4 Å². The Morgan fingerprint density at radius 2 is 1.96 bits per heavy atom. The molecule has 4 rings (SSSR count). The van der Waals surface area contributed by atoms with Crippen molar-refractivity contribution in [3.63, 3.8) is 0 Å². The smallest absolute Gasteiger partial charge is 0.257 e. The second kappa shape index (κ2) is 7.17. The number of anilines is 3. The maximum Gasteiger partial charge on any atom is 0.257 e. The molecular weight excluding hydrogens is 366 g/mol. The number of nitrogens with zero attached hydrogens (tertiary/aromatic N) is 1.